The fourth-order valence-corrected chi connectivity index (χ4v) is 17.4. The second kappa shape index (κ2) is 27.3. The van der Waals surface area contributed by atoms with Crippen molar-refractivity contribution in [3.05, 3.63) is 413 Å². The summed E-state index contributed by atoms with van der Waals surface area (Å²) in [6.07, 6.45) is 0. The number of hydrogen-bond donors (Lipinski definition) is 0. The first-order valence-corrected chi connectivity index (χ1v) is 38.7. The van der Waals surface area contributed by atoms with Crippen molar-refractivity contribution in [1.82, 2.24) is 38.2 Å². The van der Waals surface area contributed by atoms with E-state index in [0.29, 0.717) is 17.5 Å². The third kappa shape index (κ3) is 11.2. The average Bonchev–Trinajstić information content (AvgIpc) is 1.55. The van der Waals surface area contributed by atoms with Crippen LogP contribution in [0.3, 0.4) is 0 Å². The van der Waals surface area contributed by atoms with Gasteiger partial charge in [0.25, 0.3) is 0 Å². The highest BCUT2D eigenvalue weighted by Gasteiger charge is 2.25. The predicted octanol–water partition coefficient (Wildman–Crippen LogP) is 27.3. The number of rotatable bonds is 11. The van der Waals surface area contributed by atoms with E-state index in [1.54, 1.807) is 0 Å². The highest BCUT2D eigenvalue weighted by Crippen LogP contribution is 2.46. The quantitative estimate of drug-likeness (QED) is 0.129. The van der Waals surface area contributed by atoms with E-state index in [4.69, 9.17) is 19.9 Å². The van der Waals surface area contributed by atoms with Gasteiger partial charge in [-0.1, -0.05) is 315 Å². The standard InChI is InChI=1S/C55H35N5.C51H33N3/c1-3-14-36(15-4-1)38-26-28-40(29-27-38)54-56-53(39-17-5-2-6-18-39)57-55(58-54)42-20-13-21-43(35-42)59-49-25-12-10-23-47(49)51-50(59)33-32-46-45-22-9-11-24-48(45)60(52(46)51)44-31-30-37-16-7-8-19-41(37)34-44;1-3-14-34(15-4-1)39-32-45(36-17-5-2-6-18-36)52-46(33-39)38-20-13-21-40(31-38)53-48-25-12-10-23-44(48)50-49(53)29-28-43-42-22-9-11-24-47(42)54(51(43)50)41-27-26-35-16-7-8-19-37(35)30-41/h1-35H;1-33H. The molecule has 0 saturated heterocycles. The van der Waals surface area contributed by atoms with Gasteiger partial charge in [0.2, 0.25) is 0 Å². The van der Waals surface area contributed by atoms with Crippen molar-refractivity contribution >= 4 is 109 Å². The molecule has 23 aromatic rings. The van der Waals surface area contributed by atoms with Gasteiger partial charge in [-0.25, -0.2) is 19.9 Å². The van der Waals surface area contributed by atoms with Crippen molar-refractivity contribution in [1.29, 1.82) is 0 Å². The molecule has 114 heavy (non-hydrogen) atoms. The lowest BCUT2D eigenvalue weighted by Crippen LogP contribution is -2.01. The van der Waals surface area contributed by atoms with E-state index in [1.807, 2.05) is 36.4 Å². The van der Waals surface area contributed by atoms with E-state index < -0.39 is 0 Å². The molecule has 6 aromatic heterocycles. The molecule has 0 saturated carbocycles. The van der Waals surface area contributed by atoms with E-state index in [-0.39, 0.29) is 0 Å². The van der Waals surface area contributed by atoms with Crippen molar-refractivity contribution in [3.63, 3.8) is 0 Å². The van der Waals surface area contributed by atoms with E-state index in [0.717, 1.165) is 84.1 Å². The highest BCUT2D eigenvalue weighted by molar-refractivity contribution is 6.28. The van der Waals surface area contributed by atoms with Crippen LogP contribution < -0.4 is 0 Å². The second-order valence-corrected chi connectivity index (χ2v) is 29.3. The first-order valence-electron chi connectivity index (χ1n) is 38.7. The summed E-state index contributed by atoms with van der Waals surface area (Å²) >= 11 is 0. The number of pyridine rings is 1. The maximum atomic E-state index is 5.27. The molecule has 0 bridgehead atoms. The molecule has 0 spiro atoms. The van der Waals surface area contributed by atoms with Gasteiger partial charge in [0.1, 0.15) is 0 Å². The van der Waals surface area contributed by atoms with Crippen LogP contribution in [0.4, 0.5) is 0 Å². The van der Waals surface area contributed by atoms with Crippen molar-refractivity contribution in [3.8, 4) is 102 Å². The number of para-hydroxylation sites is 4. The van der Waals surface area contributed by atoms with E-state index in [9.17, 15) is 0 Å². The Labute approximate surface area is 656 Å². The Bertz CT molecular complexity index is 7650. The summed E-state index contributed by atoms with van der Waals surface area (Å²) in [5, 5.41) is 14.7. The number of fused-ring (bicyclic) bond motifs is 16. The zero-order chi connectivity index (χ0) is 75.2. The lowest BCUT2D eigenvalue weighted by molar-refractivity contribution is 1.07. The topological polar surface area (TPSA) is 71.3 Å². The van der Waals surface area contributed by atoms with Crippen LogP contribution in [-0.2, 0) is 0 Å². The second-order valence-electron chi connectivity index (χ2n) is 29.3. The summed E-state index contributed by atoms with van der Waals surface area (Å²) in [6, 6.07) is 147. The van der Waals surface area contributed by atoms with Crippen LogP contribution in [0.5, 0.6) is 0 Å². The SMILES string of the molecule is c1ccc(-c2cc(-c3ccccc3)nc(-c3cccc(-n4c5ccccc5c5c4ccc4c6ccccc6n(-c6ccc7ccccc7c6)c45)c3)c2)cc1.c1ccc(-c2ccc(-c3nc(-c4ccccc4)nc(-c4cccc(-n5c6ccccc6c6c5ccc5c7ccccc7n(-c7ccc8ccccc8c7)c56)c4)n3)cc2)cc1. The van der Waals surface area contributed by atoms with Crippen molar-refractivity contribution in [2.24, 2.45) is 0 Å². The number of nitrogens with zero attached hydrogens (tertiary/aromatic N) is 8. The third-order valence-electron chi connectivity index (χ3n) is 22.6. The molecule has 0 atom stereocenters. The molecule has 17 aromatic carbocycles. The maximum Gasteiger partial charge on any atom is 0.164 e. The monoisotopic (exact) mass is 1450 g/mol. The van der Waals surface area contributed by atoms with Crippen LogP contribution in [0.2, 0.25) is 0 Å². The van der Waals surface area contributed by atoms with E-state index >= 15 is 0 Å². The third-order valence-corrected chi connectivity index (χ3v) is 22.6. The van der Waals surface area contributed by atoms with Gasteiger partial charge in [-0.05, 0) is 141 Å². The molecule has 23 rings (SSSR count). The summed E-state index contributed by atoms with van der Waals surface area (Å²) < 4.78 is 9.74. The van der Waals surface area contributed by atoms with Gasteiger partial charge in [-0.3, -0.25) is 0 Å². The first-order chi connectivity index (χ1) is 56.5. The summed E-state index contributed by atoms with van der Waals surface area (Å²) in [7, 11) is 0. The zero-order valence-electron chi connectivity index (χ0n) is 61.8. The minimum absolute atomic E-state index is 0.618. The Balaban J connectivity index is 0.000000140. The van der Waals surface area contributed by atoms with Gasteiger partial charge in [-0.2, -0.15) is 0 Å². The smallest absolute Gasteiger partial charge is 0.164 e. The summed E-state index contributed by atoms with van der Waals surface area (Å²) in [5.74, 6) is 1.88. The molecule has 0 aliphatic rings. The predicted molar refractivity (Wildman–Crippen MR) is 474 cm³/mol. The van der Waals surface area contributed by atoms with Crippen LogP contribution in [0.25, 0.3) is 210 Å². The normalized spacial score (nSPS) is 11.7. The zero-order valence-corrected chi connectivity index (χ0v) is 61.8. The minimum Gasteiger partial charge on any atom is -0.309 e. The Hall–Kier alpha value is -15.4. The molecule has 0 aliphatic heterocycles. The highest BCUT2D eigenvalue weighted by atomic mass is 15.1. The van der Waals surface area contributed by atoms with Crippen molar-refractivity contribution < 1.29 is 0 Å². The molecule has 8 heteroatoms. The van der Waals surface area contributed by atoms with E-state index in [2.05, 4.69) is 394 Å². The van der Waals surface area contributed by atoms with Crippen LogP contribution in [0.1, 0.15) is 0 Å². The van der Waals surface area contributed by atoms with Gasteiger partial charge < -0.3 is 18.3 Å². The molecule has 0 amide bonds. The lowest BCUT2D eigenvalue weighted by Gasteiger charge is -2.13. The molecule has 0 N–H and O–H groups in total. The van der Waals surface area contributed by atoms with Gasteiger partial charge in [0.05, 0.1) is 55.5 Å². The van der Waals surface area contributed by atoms with E-state index in [1.165, 1.54) is 109 Å². The largest absolute Gasteiger partial charge is 0.309 e. The van der Waals surface area contributed by atoms with Gasteiger partial charge >= 0.3 is 0 Å². The number of benzene rings is 17. The minimum atomic E-state index is 0.618. The number of aromatic nitrogens is 8. The van der Waals surface area contributed by atoms with Crippen LogP contribution in [0.15, 0.2) is 413 Å². The van der Waals surface area contributed by atoms with Crippen LogP contribution in [0, 0.1) is 0 Å². The fraction of sp³-hybridized carbons (Fsp3) is 0. The summed E-state index contributed by atoms with van der Waals surface area (Å²) in [4.78, 5) is 20.5. The van der Waals surface area contributed by atoms with Crippen molar-refractivity contribution in [2.45, 2.75) is 0 Å². The molecular formula is C106H68N8. The average molecular weight is 1450 g/mol. The Kier molecular flexibility index (Phi) is 15.7. The molecule has 0 radical (unpaired) electrons. The molecule has 0 fully saturated rings. The lowest BCUT2D eigenvalue weighted by atomic mass is 10.00. The summed E-state index contributed by atoms with van der Waals surface area (Å²) in [6.45, 7) is 0. The fourth-order valence-electron chi connectivity index (χ4n) is 17.4. The number of hydrogen-bond acceptors (Lipinski definition) is 4. The Morgan fingerprint density at radius 1 is 0.158 bits per heavy atom. The maximum absolute atomic E-state index is 5.27. The Morgan fingerprint density at radius 3 is 0.982 bits per heavy atom. The van der Waals surface area contributed by atoms with Crippen molar-refractivity contribution in [2.75, 3.05) is 0 Å². The van der Waals surface area contributed by atoms with Crippen LogP contribution >= 0.6 is 0 Å². The molecule has 532 valence electrons. The van der Waals surface area contributed by atoms with Gasteiger partial charge in [0.15, 0.2) is 17.5 Å². The molecule has 0 unspecified atom stereocenters. The van der Waals surface area contributed by atoms with Gasteiger partial charge in [0, 0.05) is 93.7 Å². The van der Waals surface area contributed by atoms with Crippen LogP contribution in [-0.4, -0.2) is 38.2 Å². The first kappa shape index (κ1) is 65.7. The van der Waals surface area contributed by atoms with Gasteiger partial charge in [-0.15, -0.1) is 0 Å². The molecule has 8 nitrogen and oxygen atoms in total. The molecule has 6 heterocycles. The summed E-state index contributed by atoms with van der Waals surface area (Å²) in [5.41, 5.74) is 25.3. The molecule has 0 aliphatic carbocycles. The molecular weight excluding hydrogens is 1390 g/mol. The Morgan fingerprint density at radius 2 is 0.491 bits per heavy atom.